The van der Waals surface area contributed by atoms with Gasteiger partial charge in [-0.1, -0.05) is 0 Å². The van der Waals surface area contributed by atoms with Crippen molar-refractivity contribution in [1.29, 1.82) is 0 Å². The van der Waals surface area contributed by atoms with Gasteiger partial charge in [0.1, 0.15) is 0 Å². The maximum absolute atomic E-state index is 2.18. The molecule has 0 amide bonds. The maximum Gasteiger partial charge on any atom is 0.311 e. The monoisotopic (exact) mass is 164 g/mol. The molecule has 56 valence electrons. The van der Waals surface area contributed by atoms with Gasteiger partial charge in [0, 0.05) is 19.3 Å². The molecular formula is C9H10NS+. The van der Waals surface area contributed by atoms with Gasteiger partial charge in [0.2, 0.25) is 11.3 Å². The summed E-state index contributed by atoms with van der Waals surface area (Å²) in [5, 5.41) is 3.49. The van der Waals surface area contributed by atoms with E-state index in [-0.39, 0.29) is 0 Å². The van der Waals surface area contributed by atoms with Crippen LogP contribution in [0.25, 0.3) is 10.6 Å². The molecule has 2 heteroatoms. The molecule has 0 saturated carbocycles. The molecule has 2 aliphatic heterocycles. The molecule has 0 spiro atoms. The molecule has 0 N–H and O–H groups in total. The highest BCUT2D eigenvalue weighted by atomic mass is 32.1. The number of hydrogen-bond donors (Lipinski definition) is 0. The SMILES string of the molecule is Cc1ccn(C)c2[s+]ccc1-2. The van der Waals surface area contributed by atoms with Crippen molar-refractivity contribution in [3.05, 3.63) is 29.3 Å². The van der Waals surface area contributed by atoms with Crippen LogP contribution < -0.4 is 0 Å². The summed E-state index contributed by atoms with van der Waals surface area (Å²) >= 11 is 1.79. The molecule has 0 fully saturated rings. The molecular weight excluding hydrogens is 154 g/mol. The first-order chi connectivity index (χ1) is 5.29. The van der Waals surface area contributed by atoms with E-state index in [1.165, 1.54) is 16.1 Å². The molecule has 0 bridgehead atoms. The first-order valence-electron chi connectivity index (χ1n) is 3.61. The lowest BCUT2D eigenvalue weighted by atomic mass is 10.1. The lowest BCUT2D eigenvalue weighted by Crippen LogP contribution is -1.94. The number of hydrogen-bond acceptors (Lipinski definition) is 0. The van der Waals surface area contributed by atoms with Crippen LogP contribution in [-0.4, -0.2) is 4.57 Å². The second kappa shape index (κ2) is 2.31. The lowest BCUT2D eigenvalue weighted by molar-refractivity contribution is 0.924. The fraction of sp³-hybridized carbons (Fsp3) is 0.222. The summed E-state index contributed by atoms with van der Waals surface area (Å²) in [5.41, 5.74) is 2.74. The molecule has 2 aliphatic rings. The summed E-state index contributed by atoms with van der Waals surface area (Å²) in [6, 6.07) is 4.32. The van der Waals surface area contributed by atoms with Crippen molar-refractivity contribution in [3.63, 3.8) is 0 Å². The summed E-state index contributed by atoms with van der Waals surface area (Å²) in [7, 11) is 2.08. The third kappa shape index (κ3) is 0.942. The van der Waals surface area contributed by atoms with Crippen LogP contribution in [0.1, 0.15) is 5.56 Å². The lowest BCUT2D eigenvalue weighted by Gasteiger charge is -2.01. The normalized spacial score (nSPS) is 10.7. The average Bonchev–Trinajstić information content (AvgIpc) is 2.45. The van der Waals surface area contributed by atoms with E-state index in [0.717, 1.165) is 0 Å². The van der Waals surface area contributed by atoms with Crippen LogP contribution in [0.2, 0.25) is 0 Å². The molecule has 0 aromatic heterocycles. The zero-order chi connectivity index (χ0) is 7.84. The van der Waals surface area contributed by atoms with Gasteiger partial charge >= 0.3 is 5.01 Å². The summed E-state index contributed by atoms with van der Waals surface area (Å²) in [4.78, 5) is 0. The zero-order valence-electron chi connectivity index (χ0n) is 6.66. The highest BCUT2D eigenvalue weighted by molar-refractivity contribution is 7.13. The quantitative estimate of drug-likeness (QED) is 0.528. The van der Waals surface area contributed by atoms with Crippen molar-refractivity contribution in [1.82, 2.24) is 4.57 Å². The van der Waals surface area contributed by atoms with Gasteiger partial charge in [-0.2, -0.15) is 0 Å². The summed E-state index contributed by atoms with van der Waals surface area (Å²) < 4.78 is 2.16. The largest absolute Gasteiger partial charge is 0.311 e. The standard InChI is InChI=1S/C9H10NS/c1-7-3-5-10(2)9-8(7)4-6-11-9/h3-6H,1-2H3/q+1. The zero-order valence-corrected chi connectivity index (χ0v) is 7.48. The van der Waals surface area contributed by atoms with Crippen molar-refractivity contribution < 1.29 is 0 Å². The van der Waals surface area contributed by atoms with Gasteiger partial charge < -0.3 is 4.57 Å². The van der Waals surface area contributed by atoms with Gasteiger partial charge in [0.05, 0.1) is 5.56 Å². The summed E-state index contributed by atoms with van der Waals surface area (Å²) in [6.45, 7) is 2.15. The number of fused-ring (bicyclic) bond motifs is 1. The Hall–Kier alpha value is -0.890. The molecule has 11 heavy (non-hydrogen) atoms. The Kier molecular flexibility index (Phi) is 1.43. The molecule has 0 aromatic rings. The Labute approximate surface area is 70.3 Å². The predicted molar refractivity (Wildman–Crippen MR) is 49.1 cm³/mol. The predicted octanol–water partition coefficient (Wildman–Crippen LogP) is 2.78. The molecule has 1 nitrogen and oxygen atoms in total. The number of pyridine rings is 1. The third-order valence-corrected chi connectivity index (χ3v) is 2.94. The van der Waals surface area contributed by atoms with E-state index in [4.69, 9.17) is 0 Å². The third-order valence-electron chi connectivity index (χ3n) is 1.94. The Morgan fingerprint density at radius 1 is 1.36 bits per heavy atom. The van der Waals surface area contributed by atoms with E-state index in [0.29, 0.717) is 0 Å². The Balaban J connectivity index is 2.82. The van der Waals surface area contributed by atoms with E-state index in [1.807, 2.05) is 0 Å². The van der Waals surface area contributed by atoms with Crippen LogP contribution in [0.5, 0.6) is 0 Å². The Morgan fingerprint density at radius 2 is 2.18 bits per heavy atom. The van der Waals surface area contributed by atoms with Gasteiger partial charge in [0.25, 0.3) is 0 Å². The molecule has 0 saturated heterocycles. The number of rotatable bonds is 0. The topological polar surface area (TPSA) is 4.93 Å². The van der Waals surface area contributed by atoms with Crippen molar-refractivity contribution in [2.45, 2.75) is 6.92 Å². The number of nitrogens with zero attached hydrogens (tertiary/aromatic N) is 1. The van der Waals surface area contributed by atoms with Crippen molar-refractivity contribution in [2.75, 3.05) is 0 Å². The van der Waals surface area contributed by atoms with E-state index < -0.39 is 0 Å². The first-order valence-corrected chi connectivity index (χ1v) is 4.49. The Bertz CT molecular complexity index is 318. The Morgan fingerprint density at radius 3 is 2.91 bits per heavy atom. The van der Waals surface area contributed by atoms with E-state index in [2.05, 4.69) is 42.2 Å². The second-order valence-corrected chi connectivity index (χ2v) is 3.64. The highest BCUT2D eigenvalue weighted by Gasteiger charge is 2.17. The van der Waals surface area contributed by atoms with Crippen molar-refractivity contribution in [2.24, 2.45) is 7.05 Å². The fourth-order valence-electron chi connectivity index (χ4n) is 1.26. The minimum atomic E-state index is 1.35. The van der Waals surface area contributed by atoms with E-state index in [1.54, 1.807) is 11.3 Å². The minimum Gasteiger partial charge on any atom is -0.304 e. The highest BCUT2D eigenvalue weighted by Crippen LogP contribution is 2.29. The minimum absolute atomic E-state index is 1.35. The van der Waals surface area contributed by atoms with Crippen LogP contribution in [-0.2, 0) is 7.05 Å². The molecule has 2 heterocycles. The molecule has 0 radical (unpaired) electrons. The second-order valence-electron chi connectivity index (χ2n) is 2.75. The summed E-state index contributed by atoms with van der Waals surface area (Å²) in [6.07, 6.45) is 2.11. The molecule has 0 aliphatic carbocycles. The smallest absolute Gasteiger partial charge is 0.304 e. The van der Waals surface area contributed by atoms with E-state index >= 15 is 0 Å². The van der Waals surface area contributed by atoms with Crippen LogP contribution in [0.15, 0.2) is 23.7 Å². The van der Waals surface area contributed by atoms with Crippen LogP contribution in [0.3, 0.4) is 0 Å². The number of thiophene rings is 1. The van der Waals surface area contributed by atoms with Crippen LogP contribution >= 0.6 is 11.3 Å². The van der Waals surface area contributed by atoms with Crippen molar-refractivity contribution >= 4 is 11.3 Å². The molecule has 2 rings (SSSR count). The maximum atomic E-state index is 2.18. The first kappa shape index (κ1) is 6.80. The van der Waals surface area contributed by atoms with Crippen LogP contribution in [0, 0.1) is 6.92 Å². The number of aryl methyl sites for hydroxylation is 2. The fourth-order valence-corrected chi connectivity index (χ4v) is 2.17. The molecule has 0 aromatic carbocycles. The van der Waals surface area contributed by atoms with Gasteiger partial charge in [-0.25, -0.2) is 0 Å². The molecule has 0 unspecified atom stereocenters. The van der Waals surface area contributed by atoms with Crippen LogP contribution in [0.4, 0.5) is 0 Å². The number of aromatic nitrogens is 1. The van der Waals surface area contributed by atoms with Gasteiger partial charge in [0.15, 0.2) is 5.38 Å². The van der Waals surface area contributed by atoms with Gasteiger partial charge in [-0.3, -0.25) is 0 Å². The summed E-state index contributed by atoms with van der Waals surface area (Å²) in [5.74, 6) is 0. The average molecular weight is 164 g/mol. The van der Waals surface area contributed by atoms with Gasteiger partial charge in [-0.15, -0.1) is 0 Å². The van der Waals surface area contributed by atoms with Crippen molar-refractivity contribution in [3.8, 4) is 10.6 Å². The van der Waals surface area contributed by atoms with E-state index in [9.17, 15) is 0 Å². The molecule has 0 atom stereocenters. The van der Waals surface area contributed by atoms with Gasteiger partial charge in [-0.05, 0) is 18.6 Å².